The van der Waals surface area contributed by atoms with Gasteiger partial charge >= 0.3 is 0 Å². The van der Waals surface area contributed by atoms with Gasteiger partial charge in [-0.05, 0) is 80.3 Å². The lowest BCUT2D eigenvalue weighted by Gasteiger charge is -2.43. The van der Waals surface area contributed by atoms with Crippen molar-refractivity contribution in [1.29, 1.82) is 0 Å². The Bertz CT molecular complexity index is 2310. The number of fused-ring (bicyclic) bond motifs is 2. The number of likely N-dealkylation sites (N-methyl/N-ethyl adjacent to an activating group) is 1. The SMILES string of the molecule is CN(c1cccc(C2CCN(CC(=O)N3CCC(Oc4cccc(N5[C@@H]6CC[C@H]5CN(c5cc(-c7ccccc7O)nnc5N)C6)c4)CC3)CC2(F)F)c1)C1CCC(=O)NC1=O. The van der Waals surface area contributed by atoms with Gasteiger partial charge < -0.3 is 35.2 Å². The Kier molecular flexibility index (Phi) is 11.4. The van der Waals surface area contributed by atoms with Crippen LogP contribution in [0.4, 0.5) is 31.7 Å². The van der Waals surface area contributed by atoms with E-state index in [1.165, 1.54) is 0 Å². The zero-order valence-electron chi connectivity index (χ0n) is 34.8. The second-order valence-electron chi connectivity index (χ2n) is 17.4. The minimum Gasteiger partial charge on any atom is -0.507 e. The predicted octanol–water partition coefficient (Wildman–Crippen LogP) is 5.03. The van der Waals surface area contributed by atoms with E-state index in [9.17, 15) is 19.5 Å². The first-order chi connectivity index (χ1) is 29.9. The molecule has 4 aromatic rings. The number of para-hydroxylation sites is 1. The maximum atomic E-state index is 15.8. The number of nitrogens with zero attached hydrogens (tertiary/aromatic N) is 7. The van der Waals surface area contributed by atoms with Crippen LogP contribution in [0.3, 0.4) is 0 Å². The summed E-state index contributed by atoms with van der Waals surface area (Å²) in [7, 11) is 1.74. The van der Waals surface area contributed by atoms with Crippen molar-refractivity contribution in [2.75, 3.05) is 73.3 Å². The zero-order valence-corrected chi connectivity index (χ0v) is 34.8. The maximum absolute atomic E-state index is 15.8. The molecular formula is C46H53F2N9O5. The molecule has 9 rings (SSSR count). The average molecular weight is 850 g/mol. The van der Waals surface area contributed by atoms with E-state index in [-0.39, 0.29) is 61.0 Å². The summed E-state index contributed by atoms with van der Waals surface area (Å²) in [5.74, 6) is -3.65. The third kappa shape index (κ3) is 8.44. The number of amides is 3. The van der Waals surface area contributed by atoms with Crippen molar-refractivity contribution in [2.45, 2.75) is 81.0 Å². The van der Waals surface area contributed by atoms with Gasteiger partial charge in [-0.3, -0.25) is 24.6 Å². The Morgan fingerprint density at radius 1 is 0.919 bits per heavy atom. The summed E-state index contributed by atoms with van der Waals surface area (Å²) in [6.45, 7) is 2.30. The molecule has 14 nitrogen and oxygen atoms in total. The van der Waals surface area contributed by atoms with Crippen LogP contribution in [0.5, 0.6) is 11.5 Å². The number of carbonyl (C=O) groups is 3. The first kappa shape index (κ1) is 41.3. The normalized spacial score (nSPS) is 24.2. The van der Waals surface area contributed by atoms with Crippen LogP contribution in [0.15, 0.2) is 78.9 Å². The molecule has 4 N–H and O–H groups in total. The molecule has 4 atom stereocenters. The number of nitrogens with one attached hydrogen (secondary N) is 1. The number of halogens is 2. The van der Waals surface area contributed by atoms with E-state index in [1.54, 1.807) is 58.1 Å². The highest BCUT2D eigenvalue weighted by molar-refractivity contribution is 6.01. The molecule has 5 fully saturated rings. The summed E-state index contributed by atoms with van der Waals surface area (Å²) in [6, 6.07) is 24.1. The molecule has 5 saturated heterocycles. The molecule has 326 valence electrons. The molecule has 0 aliphatic carbocycles. The molecule has 1 aromatic heterocycles. The van der Waals surface area contributed by atoms with E-state index in [4.69, 9.17) is 10.5 Å². The predicted molar refractivity (Wildman–Crippen MR) is 231 cm³/mol. The van der Waals surface area contributed by atoms with Crippen LogP contribution in [0.25, 0.3) is 11.3 Å². The number of nitrogens with two attached hydrogens (primary N) is 1. The fourth-order valence-corrected chi connectivity index (χ4v) is 10.2. The van der Waals surface area contributed by atoms with Gasteiger partial charge in [-0.1, -0.05) is 30.3 Å². The van der Waals surface area contributed by atoms with Gasteiger partial charge in [0.1, 0.15) is 23.6 Å². The Morgan fingerprint density at radius 2 is 1.68 bits per heavy atom. The Labute approximate surface area is 359 Å². The largest absolute Gasteiger partial charge is 0.507 e. The molecule has 2 bridgehead atoms. The Morgan fingerprint density at radius 3 is 2.42 bits per heavy atom. The van der Waals surface area contributed by atoms with E-state index in [0.717, 1.165) is 43.1 Å². The van der Waals surface area contributed by atoms with Gasteiger partial charge in [0.2, 0.25) is 17.7 Å². The molecule has 6 heterocycles. The number of anilines is 4. The standard InChI is InChI=1S/C46H53F2N9O5/c1-53(39-14-15-42(59)50-45(39)61)30-7-4-6-29(22-30)37-18-19-54(28-46(37,47)48)27-43(60)55-20-16-34(17-21-55)62-35-9-5-8-31(23-35)57-32-12-13-33(57)26-56(25-32)40-24-38(51-52-44(40)49)36-10-2-3-11-41(36)58/h2-11,22-24,32-34,37,39,58H,12-21,25-28H2,1H3,(H2,49,52)(H,50,59,61)/t32-,33+,37?,39?. The van der Waals surface area contributed by atoms with E-state index in [2.05, 4.69) is 37.4 Å². The molecular weight excluding hydrogens is 797 g/mol. The highest BCUT2D eigenvalue weighted by Crippen LogP contribution is 2.42. The number of carbonyl (C=O) groups excluding carboxylic acids is 3. The minimum absolute atomic E-state index is 0.0637. The van der Waals surface area contributed by atoms with Gasteiger partial charge in [0.15, 0.2) is 5.82 Å². The third-order valence-corrected chi connectivity index (χ3v) is 13.4. The molecule has 2 unspecified atom stereocenters. The van der Waals surface area contributed by atoms with Crippen LogP contribution in [-0.2, 0) is 14.4 Å². The average Bonchev–Trinajstić information content (AvgIpc) is 3.52. The summed E-state index contributed by atoms with van der Waals surface area (Å²) in [5.41, 5.74) is 10.6. The monoisotopic (exact) mass is 849 g/mol. The van der Waals surface area contributed by atoms with Gasteiger partial charge in [-0.15, -0.1) is 10.2 Å². The first-order valence-electron chi connectivity index (χ1n) is 21.7. The fourth-order valence-electron chi connectivity index (χ4n) is 10.2. The van der Waals surface area contributed by atoms with Crippen molar-refractivity contribution in [3.8, 4) is 22.8 Å². The van der Waals surface area contributed by atoms with Crippen LogP contribution in [-0.4, -0.2) is 126 Å². The van der Waals surface area contributed by atoms with Crippen LogP contribution in [0.2, 0.25) is 0 Å². The number of phenols is 1. The highest BCUT2D eigenvalue weighted by Gasteiger charge is 2.46. The summed E-state index contributed by atoms with van der Waals surface area (Å²) >= 11 is 0. The molecule has 16 heteroatoms. The third-order valence-electron chi connectivity index (χ3n) is 13.4. The highest BCUT2D eigenvalue weighted by atomic mass is 19.3. The maximum Gasteiger partial charge on any atom is 0.267 e. The first-order valence-corrected chi connectivity index (χ1v) is 21.7. The lowest BCUT2D eigenvalue weighted by atomic mass is 9.85. The van der Waals surface area contributed by atoms with Crippen molar-refractivity contribution in [2.24, 2.45) is 0 Å². The number of imide groups is 1. The Balaban J connectivity index is 0.761. The number of nitrogen functional groups attached to an aromatic ring is 1. The number of likely N-dealkylation sites (tertiary alicyclic amines) is 2. The van der Waals surface area contributed by atoms with E-state index in [1.807, 2.05) is 30.3 Å². The fraction of sp³-hybridized carbons (Fsp3) is 0.457. The van der Waals surface area contributed by atoms with Crippen molar-refractivity contribution in [3.63, 3.8) is 0 Å². The van der Waals surface area contributed by atoms with Crippen LogP contribution in [0, 0.1) is 0 Å². The van der Waals surface area contributed by atoms with E-state index < -0.39 is 24.4 Å². The van der Waals surface area contributed by atoms with E-state index >= 15 is 8.78 Å². The molecule has 0 spiro atoms. The van der Waals surface area contributed by atoms with Crippen LogP contribution in [0.1, 0.15) is 56.4 Å². The summed E-state index contributed by atoms with van der Waals surface area (Å²) in [6.07, 6.45) is 4.08. The van der Waals surface area contributed by atoms with Crippen molar-refractivity contribution < 1.29 is 33.0 Å². The van der Waals surface area contributed by atoms with Crippen molar-refractivity contribution in [1.82, 2.24) is 25.3 Å². The van der Waals surface area contributed by atoms with Crippen molar-refractivity contribution >= 4 is 40.6 Å². The minimum atomic E-state index is -3.06. The Hall–Kier alpha value is -6.03. The molecule has 5 aliphatic heterocycles. The van der Waals surface area contributed by atoms with Gasteiger partial charge in [0.05, 0.1) is 30.4 Å². The molecule has 62 heavy (non-hydrogen) atoms. The number of alkyl halides is 2. The molecule has 3 amide bonds. The second-order valence-corrected chi connectivity index (χ2v) is 17.4. The number of aromatic hydroxyl groups is 1. The number of phenolic OH excluding ortho intramolecular Hbond substituents is 1. The lowest BCUT2D eigenvalue weighted by Crippen LogP contribution is -2.54. The summed E-state index contributed by atoms with van der Waals surface area (Å²) in [4.78, 5) is 47.4. The number of piperazine rings is 1. The van der Waals surface area contributed by atoms with Gasteiger partial charge in [-0.25, -0.2) is 8.78 Å². The zero-order chi connectivity index (χ0) is 43.1. The summed E-state index contributed by atoms with van der Waals surface area (Å²) < 4.78 is 38.1. The summed E-state index contributed by atoms with van der Waals surface area (Å²) in [5, 5.41) is 21.3. The van der Waals surface area contributed by atoms with Crippen LogP contribution >= 0.6 is 0 Å². The molecule has 0 radical (unpaired) electrons. The smallest absolute Gasteiger partial charge is 0.267 e. The number of aromatic nitrogens is 2. The van der Waals surface area contributed by atoms with E-state index in [0.29, 0.717) is 67.2 Å². The quantitative estimate of drug-likeness (QED) is 0.183. The van der Waals surface area contributed by atoms with Gasteiger partial charge in [0.25, 0.3) is 5.92 Å². The number of benzene rings is 3. The number of rotatable bonds is 10. The number of hydrogen-bond acceptors (Lipinski definition) is 12. The molecule has 3 aromatic carbocycles. The van der Waals surface area contributed by atoms with Crippen molar-refractivity contribution in [3.05, 3.63) is 84.4 Å². The number of hydrogen-bond donors (Lipinski definition) is 3. The lowest BCUT2D eigenvalue weighted by molar-refractivity contribution is -0.138. The van der Waals surface area contributed by atoms with Gasteiger partial charge in [0, 0.05) is 87.6 Å². The number of piperidine rings is 3. The number of ether oxygens (including phenoxy) is 1. The topological polar surface area (TPSA) is 161 Å². The second kappa shape index (κ2) is 17.0. The van der Waals surface area contributed by atoms with Crippen LogP contribution < -0.4 is 30.5 Å². The molecule has 5 aliphatic rings. The molecule has 0 saturated carbocycles. The van der Waals surface area contributed by atoms with Gasteiger partial charge in [-0.2, -0.15) is 0 Å².